The number of hydrogen-bond acceptors (Lipinski definition) is 7. The molecule has 0 spiro atoms. The summed E-state index contributed by atoms with van der Waals surface area (Å²) in [5.41, 5.74) is 1.35. The number of aromatic hydroxyl groups is 1. The van der Waals surface area contributed by atoms with Crippen molar-refractivity contribution in [3.63, 3.8) is 0 Å². The van der Waals surface area contributed by atoms with Crippen LogP contribution in [0, 0.1) is 6.92 Å². The summed E-state index contributed by atoms with van der Waals surface area (Å²) >= 11 is 1.58. The molecule has 0 saturated carbocycles. The molecule has 1 aromatic heterocycles. The number of amides is 3. The normalized spacial score (nSPS) is 13.2. The van der Waals surface area contributed by atoms with E-state index in [2.05, 4.69) is 10.6 Å². The molecule has 9 nitrogen and oxygen atoms in total. The van der Waals surface area contributed by atoms with Gasteiger partial charge in [-0.15, -0.1) is 11.3 Å². The van der Waals surface area contributed by atoms with Crippen LogP contribution < -0.4 is 10.6 Å². The van der Waals surface area contributed by atoms with E-state index in [4.69, 9.17) is 0 Å². The van der Waals surface area contributed by atoms with Crippen molar-refractivity contribution < 1.29 is 29.7 Å². The number of phenolic OH excluding ortho intramolecular Hbond substituents is 1. The third-order valence-electron chi connectivity index (χ3n) is 6.20. The van der Waals surface area contributed by atoms with E-state index >= 15 is 0 Å². The number of nitrogens with zero attached hydrogens (tertiary/aromatic N) is 1. The Morgan fingerprint density at radius 1 is 1.00 bits per heavy atom. The third-order valence-corrected chi connectivity index (χ3v) is 7.14. The van der Waals surface area contributed by atoms with Gasteiger partial charge in [0.25, 0.3) is 11.8 Å². The van der Waals surface area contributed by atoms with Gasteiger partial charge in [-0.3, -0.25) is 14.4 Å². The first-order valence-corrected chi connectivity index (χ1v) is 13.6. The zero-order valence-corrected chi connectivity index (χ0v) is 22.9. The molecule has 0 radical (unpaired) electrons. The van der Waals surface area contributed by atoms with Crippen molar-refractivity contribution in [1.29, 1.82) is 0 Å². The van der Waals surface area contributed by atoms with Gasteiger partial charge in [0.05, 0.1) is 18.7 Å². The predicted molar refractivity (Wildman–Crippen MR) is 150 cm³/mol. The number of aliphatic hydroxyl groups excluding tert-OH is 2. The highest BCUT2D eigenvalue weighted by Gasteiger charge is 2.33. The second-order valence-corrected chi connectivity index (χ2v) is 10.4. The standard InChI is InChI=1S/C29H35N3O6S/c1-19(33)17-32(18-26(35)30-14-13-22-10-7-15-39-22)29(38)27(36)24(16-21-8-4-3-5-9-21)31-28(37)23-11-6-12-25(34)20(23)2/h3-12,15,19,24,27,33-34,36H,13-14,16-18H2,1-2H3,(H,30,35)(H,31,37). The molecule has 3 rings (SSSR count). The molecule has 0 aliphatic carbocycles. The van der Waals surface area contributed by atoms with E-state index in [-0.39, 0.29) is 30.8 Å². The quantitative estimate of drug-likeness (QED) is 0.220. The minimum atomic E-state index is -1.70. The summed E-state index contributed by atoms with van der Waals surface area (Å²) < 4.78 is 0. The Balaban J connectivity index is 1.75. The van der Waals surface area contributed by atoms with Crippen molar-refractivity contribution in [3.8, 4) is 5.75 Å². The number of carbonyl (C=O) groups is 3. The fourth-order valence-electron chi connectivity index (χ4n) is 4.14. The molecule has 1 heterocycles. The smallest absolute Gasteiger partial charge is 0.254 e. The number of aliphatic hydroxyl groups is 2. The summed E-state index contributed by atoms with van der Waals surface area (Å²) in [5.74, 6) is -1.83. The number of rotatable bonds is 13. The maximum absolute atomic E-state index is 13.4. The molecule has 208 valence electrons. The van der Waals surface area contributed by atoms with Crippen LogP contribution in [-0.4, -0.2) is 75.8 Å². The highest BCUT2D eigenvalue weighted by molar-refractivity contribution is 7.09. The van der Waals surface area contributed by atoms with Gasteiger partial charge in [-0.25, -0.2) is 0 Å². The van der Waals surface area contributed by atoms with E-state index in [1.54, 1.807) is 24.3 Å². The summed E-state index contributed by atoms with van der Waals surface area (Å²) in [7, 11) is 0. The first-order chi connectivity index (χ1) is 18.7. The zero-order chi connectivity index (χ0) is 28.4. The van der Waals surface area contributed by atoms with Crippen molar-refractivity contribution >= 4 is 29.1 Å². The predicted octanol–water partition coefficient (Wildman–Crippen LogP) is 2.03. The lowest BCUT2D eigenvalue weighted by Crippen LogP contribution is -2.55. The molecule has 3 atom stereocenters. The van der Waals surface area contributed by atoms with Crippen molar-refractivity contribution in [3.05, 3.63) is 87.6 Å². The second kappa shape index (κ2) is 14.4. The SMILES string of the molecule is Cc1c(O)cccc1C(=O)NC(Cc1ccccc1)C(O)C(=O)N(CC(=O)NCCc1cccs1)CC(C)O. The van der Waals surface area contributed by atoms with E-state index in [0.717, 1.165) is 15.3 Å². The molecule has 0 aliphatic rings. The van der Waals surface area contributed by atoms with Crippen molar-refractivity contribution in [2.24, 2.45) is 0 Å². The molecule has 0 bridgehead atoms. The minimum absolute atomic E-state index is 0.0490. The Kier molecular flexibility index (Phi) is 11.0. The Hall–Kier alpha value is -3.73. The van der Waals surface area contributed by atoms with Crippen LogP contribution in [0.4, 0.5) is 0 Å². The van der Waals surface area contributed by atoms with Gasteiger partial charge in [0.2, 0.25) is 5.91 Å². The molecule has 10 heteroatoms. The summed E-state index contributed by atoms with van der Waals surface area (Å²) in [6, 6.07) is 16.5. The topological polar surface area (TPSA) is 139 Å². The van der Waals surface area contributed by atoms with Crippen LogP contribution in [-0.2, 0) is 22.4 Å². The first kappa shape index (κ1) is 29.8. The summed E-state index contributed by atoms with van der Waals surface area (Å²) in [4.78, 5) is 41.4. The number of benzene rings is 2. The molecule has 3 aromatic rings. The van der Waals surface area contributed by atoms with E-state index in [9.17, 15) is 29.7 Å². The van der Waals surface area contributed by atoms with Gasteiger partial charge in [0.1, 0.15) is 5.75 Å². The molecule has 0 saturated heterocycles. The summed E-state index contributed by atoms with van der Waals surface area (Å²) in [6.45, 7) is 2.93. The second-order valence-electron chi connectivity index (χ2n) is 9.41. The molecular weight excluding hydrogens is 518 g/mol. The van der Waals surface area contributed by atoms with Crippen LogP contribution in [0.5, 0.6) is 5.75 Å². The van der Waals surface area contributed by atoms with Gasteiger partial charge in [0, 0.05) is 29.1 Å². The van der Waals surface area contributed by atoms with Gasteiger partial charge in [-0.2, -0.15) is 0 Å². The molecular formula is C29H35N3O6S. The van der Waals surface area contributed by atoms with Gasteiger partial charge < -0.3 is 30.9 Å². The maximum atomic E-state index is 13.4. The lowest BCUT2D eigenvalue weighted by atomic mass is 9.98. The van der Waals surface area contributed by atoms with E-state index in [1.807, 2.05) is 47.8 Å². The zero-order valence-electron chi connectivity index (χ0n) is 22.0. The maximum Gasteiger partial charge on any atom is 0.254 e. The first-order valence-electron chi connectivity index (χ1n) is 12.7. The van der Waals surface area contributed by atoms with Crippen molar-refractivity contribution in [1.82, 2.24) is 15.5 Å². The van der Waals surface area contributed by atoms with Crippen LogP contribution in [0.2, 0.25) is 0 Å². The highest BCUT2D eigenvalue weighted by Crippen LogP contribution is 2.20. The lowest BCUT2D eigenvalue weighted by Gasteiger charge is -2.30. The van der Waals surface area contributed by atoms with Gasteiger partial charge in [-0.1, -0.05) is 42.5 Å². The molecule has 5 N–H and O–H groups in total. The molecule has 0 fully saturated rings. The van der Waals surface area contributed by atoms with E-state index in [1.165, 1.54) is 19.1 Å². The fourth-order valence-corrected chi connectivity index (χ4v) is 4.85. The number of phenols is 1. The summed E-state index contributed by atoms with van der Waals surface area (Å²) in [6.07, 6.45) is -1.87. The monoisotopic (exact) mass is 553 g/mol. The van der Waals surface area contributed by atoms with Crippen molar-refractivity contribution in [2.75, 3.05) is 19.6 Å². The van der Waals surface area contributed by atoms with E-state index in [0.29, 0.717) is 18.5 Å². The number of hydrogen-bond donors (Lipinski definition) is 5. The average molecular weight is 554 g/mol. The number of nitrogens with one attached hydrogen (secondary N) is 2. The third kappa shape index (κ3) is 8.91. The Morgan fingerprint density at radius 2 is 1.74 bits per heavy atom. The fraction of sp³-hybridized carbons (Fsp3) is 0.345. The van der Waals surface area contributed by atoms with Crippen LogP contribution in [0.15, 0.2) is 66.0 Å². The number of thiophene rings is 1. The highest BCUT2D eigenvalue weighted by atomic mass is 32.1. The lowest BCUT2D eigenvalue weighted by molar-refractivity contribution is -0.145. The van der Waals surface area contributed by atoms with Crippen LogP contribution >= 0.6 is 11.3 Å². The van der Waals surface area contributed by atoms with E-state index < -0.39 is 36.0 Å². The largest absolute Gasteiger partial charge is 0.508 e. The van der Waals surface area contributed by atoms with Gasteiger partial charge in [0.15, 0.2) is 6.10 Å². The molecule has 3 unspecified atom stereocenters. The van der Waals surface area contributed by atoms with Crippen LogP contribution in [0.25, 0.3) is 0 Å². The molecule has 2 aromatic carbocycles. The minimum Gasteiger partial charge on any atom is -0.508 e. The van der Waals surface area contributed by atoms with Gasteiger partial charge >= 0.3 is 0 Å². The molecule has 3 amide bonds. The Morgan fingerprint density at radius 3 is 2.41 bits per heavy atom. The number of carbonyl (C=O) groups excluding carboxylic acids is 3. The molecule has 0 aliphatic heterocycles. The van der Waals surface area contributed by atoms with Gasteiger partial charge in [-0.05, 0) is 55.8 Å². The molecule has 39 heavy (non-hydrogen) atoms. The van der Waals surface area contributed by atoms with Crippen molar-refractivity contribution in [2.45, 2.75) is 44.9 Å². The Bertz CT molecular complexity index is 1230. The average Bonchev–Trinajstić information content (AvgIpc) is 3.42. The van der Waals surface area contributed by atoms with Crippen LogP contribution in [0.3, 0.4) is 0 Å². The Labute approximate surface area is 232 Å². The summed E-state index contributed by atoms with van der Waals surface area (Å²) in [5, 5.41) is 38.7. The van der Waals surface area contributed by atoms with Crippen LogP contribution in [0.1, 0.15) is 33.3 Å².